The lowest BCUT2D eigenvalue weighted by atomic mass is 9.78. The number of hydrogen-bond acceptors (Lipinski definition) is 4. The van der Waals surface area contributed by atoms with Crippen molar-refractivity contribution in [1.29, 1.82) is 0 Å². The molecule has 1 amide bonds. The number of nitrogens with zero attached hydrogens (tertiary/aromatic N) is 1. The van der Waals surface area contributed by atoms with E-state index >= 15 is 0 Å². The highest BCUT2D eigenvalue weighted by Gasteiger charge is 2.38. The van der Waals surface area contributed by atoms with E-state index in [4.69, 9.17) is 10.5 Å². The van der Waals surface area contributed by atoms with Gasteiger partial charge in [-0.1, -0.05) is 18.6 Å². The Labute approximate surface area is 150 Å². The lowest BCUT2D eigenvalue weighted by molar-refractivity contribution is -0.122. The molecule has 0 spiro atoms. The second-order valence-corrected chi connectivity index (χ2v) is 6.84. The van der Waals surface area contributed by atoms with Gasteiger partial charge < -0.3 is 15.8 Å². The van der Waals surface area contributed by atoms with Crippen LogP contribution in [0.5, 0.6) is 5.75 Å². The maximum atomic E-state index is 12.2. The molecule has 1 aliphatic carbocycles. The van der Waals surface area contributed by atoms with Crippen LogP contribution in [0.3, 0.4) is 0 Å². The minimum atomic E-state index is 0. The van der Waals surface area contributed by atoms with Gasteiger partial charge in [-0.15, -0.1) is 12.4 Å². The molecule has 24 heavy (non-hydrogen) atoms. The van der Waals surface area contributed by atoms with Gasteiger partial charge in [0.1, 0.15) is 5.75 Å². The molecule has 1 aromatic carbocycles. The lowest BCUT2D eigenvalue weighted by Gasteiger charge is -2.29. The van der Waals surface area contributed by atoms with Crippen LogP contribution in [0, 0.1) is 11.8 Å². The maximum absolute atomic E-state index is 12.2. The van der Waals surface area contributed by atoms with E-state index in [0.717, 1.165) is 30.8 Å². The summed E-state index contributed by atoms with van der Waals surface area (Å²) in [4.78, 5) is 14.5. The zero-order valence-corrected chi connectivity index (χ0v) is 15.1. The summed E-state index contributed by atoms with van der Waals surface area (Å²) in [5.41, 5.74) is 7.29. The summed E-state index contributed by atoms with van der Waals surface area (Å²) in [6, 6.07) is 8.10. The van der Waals surface area contributed by atoms with Gasteiger partial charge in [-0.25, -0.2) is 0 Å². The molecule has 1 aromatic rings. The molecule has 1 saturated heterocycles. The zero-order chi connectivity index (χ0) is 16.2. The molecule has 2 aliphatic rings. The van der Waals surface area contributed by atoms with Crippen molar-refractivity contribution in [2.75, 3.05) is 26.7 Å². The SMILES string of the molecule is COc1cccc(CNC(=O)CN2CC3CCCC(N)C3C2)c1.Cl. The van der Waals surface area contributed by atoms with Crippen molar-refractivity contribution in [1.82, 2.24) is 10.2 Å². The number of amides is 1. The highest BCUT2D eigenvalue weighted by atomic mass is 35.5. The fourth-order valence-corrected chi connectivity index (χ4v) is 3.98. The third-order valence-corrected chi connectivity index (χ3v) is 5.22. The molecule has 0 radical (unpaired) electrons. The van der Waals surface area contributed by atoms with Crippen LogP contribution in [0.15, 0.2) is 24.3 Å². The Kier molecular flexibility index (Phi) is 6.90. The van der Waals surface area contributed by atoms with Crippen molar-refractivity contribution in [3.05, 3.63) is 29.8 Å². The maximum Gasteiger partial charge on any atom is 0.234 e. The Hall–Kier alpha value is -1.30. The number of rotatable bonds is 5. The highest BCUT2D eigenvalue weighted by molar-refractivity contribution is 5.85. The van der Waals surface area contributed by atoms with Crippen molar-refractivity contribution >= 4 is 18.3 Å². The molecule has 134 valence electrons. The van der Waals surface area contributed by atoms with E-state index in [9.17, 15) is 4.79 Å². The average Bonchev–Trinajstić information content (AvgIpc) is 2.97. The van der Waals surface area contributed by atoms with E-state index in [2.05, 4.69) is 10.2 Å². The Morgan fingerprint density at radius 1 is 1.38 bits per heavy atom. The first kappa shape index (κ1) is 19.0. The standard InChI is InChI=1S/C18H27N3O2.ClH/c1-23-15-6-2-4-13(8-15)9-20-18(22)12-21-10-14-5-3-7-17(19)16(14)11-21;/h2,4,6,8,14,16-17H,3,5,7,9-12,19H2,1H3,(H,20,22);1H. The molecule has 3 atom stereocenters. The van der Waals surface area contributed by atoms with Crippen LogP contribution in [-0.2, 0) is 11.3 Å². The van der Waals surface area contributed by atoms with Crippen LogP contribution < -0.4 is 15.8 Å². The fourth-order valence-electron chi connectivity index (χ4n) is 3.98. The number of ether oxygens (including phenoxy) is 1. The largest absolute Gasteiger partial charge is 0.497 e. The van der Waals surface area contributed by atoms with Gasteiger partial charge in [0.2, 0.25) is 5.91 Å². The van der Waals surface area contributed by atoms with Crippen molar-refractivity contribution in [2.45, 2.75) is 31.8 Å². The minimum absolute atomic E-state index is 0. The normalized spacial score (nSPS) is 26.3. The molecule has 1 aliphatic heterocycles. The summed E-state index contributed by atoms with van der Waals surface area (Å²) in [5, 5.41) is 3.00. The predicted octanol–water partition coefficient (Wildman–Crippen LogP) is 1.79. The Morgan fingerprint density at radius 3 is 2.96 bits per heavy atom. The Balaban J connectivity index is 0.00000208. The summed E-state index contributed by atoms with van der Waals surface area (Å²) in [7, 11) is 1.65. The first-order valence-electron chi connectivity index (χ1n) is 8.53. The zero-order valence-electron chi connectivity index (χ0n) is 14.2. The van der Waals surface area contributed by atoms with E-state index in [1.807, 2.05) is 24.3 Å². The van der Waals surface area contributed by atoms with Gasteiger partial charge in [0.25, 0.3) is 0 Å². The molecular weight excluding hydrogens is 326 g/mol. The number of halogens is 1. The smallest absolute Gasteiger partial charge is 0.234 e. The number of fused-ring (bicyclic) bond motifs is 1. The number of carbonyl (C=O) groups is 1. The number of benzene rings is 1. The number of carbonyl (C=O) groups excluding carboxylic acids is 1. The monoisotopic (exact) mass is 353 g/mol. The molecular formula is C18H28ClN3O2. The summed E-state index contributed by atoms with van der Waals surface area (Å²) >= 11 is 0. The first-order valence-corrected chi connectivity index (χ1v) is 8.53. The van der Waals surface area contributed by atoms with E-state index in [-0.39, 0.29) is 18.3 Å². The van der Waals surface area contributed by atoms with Crippen LogP contribution in [0.1, 0.15) is 24.8 Å². The molecule has 0 aromatic heterocycles. The molecule has 3 N–H and O–H groups in total. The number of nitrogens with one attached hydrogen (secondary N) is 1. The molecule has 1 saturated carbocycles. The first-order chi connectivity index (χ1) is 11.2. The molecule has 3 unspecified atom stereocenters. The topological polar surface area (TPSA) is 67.6 Å². The van der Waals surface area contributed by atoms with Crippen LogP contribution in [0.25, 0.3) is 0 Å². The highest BCUT2D eigenvalue weighted by Crippen LogP contribution is 2.35. The summed E-state index contributed by atoms with van der Waals surface area (Å²) in [6.45, 7) is 3.00. The number of likely N-dealkylation sites (tertiary alicyclic amines) is 1. The minimum Gasteiger partial charge on any atom is -0.497 e. The number of nitrogens with two attached hydrogens (primary N) is 1. The van der Waals surface area contributed by atoms with Gasteiger partial charge in [0.05, 0.1) is 13.7 Å². The predicted molar refractivity (Wildman–Crippen MR) is 97.3 cm³/mol. The third kappa shape index (κ3) is 4.62. The Bertz CT molecular complexity index is 555. The molecule has 1 heterocycles. The van der Waals surface area contributed by atoms with Crippen molar-refractivity contribution in [3.8, 4) is 5.75 Å². The van der Waals surface area contributed by atoms with E-state index in [1.54, 1.807) is 7.11 Å². The van der Waals surface area contributed by atoms with Gasteiger partial charge in [-0.05, 0) is 42.4 Å². The van der Waals surface area contributed by atoms with Gasteiger partial charge in [-0.2, -0.15) is 0 Å². The number of hydrogen-bond donors (Lipinski definition) is 2. The molecule has 0 bridgehead atoms. The van der Waals surface area contributed by atoms with Gasteiger partial charge in [-0.3, -0.25) is 9.69 Å². The molecule has 6 heteroatoms. The summed E-state index contributed by atoms with van der Waals surface area (Å²) < 4.78 is 5.20. The third-order valence-electron chi connectivity index (χ3n) is 5.22. The van der Waals surface area contributed by atoms with Gasteiger partial charge in [0.15, 0.2) is 0 Å². The van der Waals surface area contributed by atoms with E-state index in [0.29, 0.717) is 31.0 Å². The van der Waals surface area contributed by atoms with Crippen molar-refractivity contribution < 1.29 is 9.53 Å². The van der Waals surface area contributed by atoms with Gasteiger partial charge in [0, 0.05) is 25.7 Å². The van der Waals surface area contributed by atoms with Gasteiger partial charge >= 0.3 is 0 Å². The van der Waals surface area contributed by atoms with Crippen molar-refractivity contribution in [3.63, 3.8) is 0 Å². The van der Waals surface area contributed by atoms with Crippen LogP contribution >= 0.6 is 12.4 Å². The summed E-state index contributed by atoms with van der Waals surface area (Å²) in [5.74, 6) is 2.16. The van der Waals surface area contributed by atoms with E-state index < -0.39 is 0 Å². The Morgan fingerprint density at radius 2 is 2.21 bits per heavy atom. The molecule has 2 fully saturated rings. The average molecular weight is 354 g/mol. The molecule has 5 nitrogen and oxygen atoms in total. The van der Waals surface area contributed by atoms with Crippen LogP contribution in [0.4, 0.5) is 0 Å². The summed E-state index contributed by atoms with van der Waals surface area (Å²) in [6.07, 6.45) is 3.63. The second-order valence-electron chi connectivity index (χ2n) is 6.84. The fraction of sp³-hybridized carbons (Fsp3) is 0.611. The van der Waals surface area contributed by atoms with Crippen LogP contribution in [0.2, 0.25) is 0 Å². The van der Waals surface area contributed by atoms with Crippen molar-refractivity contribution in [2.24, 2.45) is 17.6 Å². The lowest BCUT2D eigenvalue weighted by Crippen LogP contribution is -2.39. The van der Waals surface area contributed by atoms with E-state index in [1.165, 1.54) is 12.8 Å². The molecule has 3 rings (SSSR count). The van der Waals surface area contributed by atoms with Crippen LogP contribution in [-0.4, -0.2) is 43.6 Å². The second kappa shape index (κ2) is 8.70. The quantitative estimate of drug-likeness (QED) is 0.847. The number of methoxy groups -OCH3 is 1.